The van der Waals surface area contributed by atoms with Gasteiger partial charge >= 0.3 is 0 Å². The van der Waals surface area contributed by atoms with E-state index in [1.807, 2.05) is 19.2 Å². The van der Waals surface area contributed by atoms with Gasteiger partial charge in [-0.2, -0.15) is 0 Å². The molecule has 2 nitrogen and oxygen atoms in total. The Kier molecular flexibility index (Phi) is 4.29. The van der Waals surface area contributed by atoms with Gasteiger partial charge in [0.05, 0.1) is 16.7 Å². The molecular weight excluding hydrogens is 218 g/mol. The van der Waals surface area contributed by atoms with Crippen LogP contribution >= 0.6 is 23.4 Å². The predicted octanol–water partition coefficient (Wildman–Crippen LogP) is 3.43. The van der Waals surface area contributed by atoms with E-state index in [2.05, 4.69) is 0 Å². The molecule has 0 atom stereocenters. The summed E-state index contributed by atoms with van der Waals surface area (Å²) in [6, 6.07) is 5.40. The summed E-state index contributed by atoms with van der Waals surface area (Å²) in [5.41, 5.74) is 0.825. The van der Waals surface area contributed by atoms with E-state index >= 15 is 0 Å². The molecule has 0 heterocycles. The van der Waals surface area contributed by atoms with Gasteiger partial charge in [-0.15, -0.1) is 11.8 Å². The van der Waals surface area contributed by atoms with E-state index in [4.69, 9.17) is 21.7 Å². The minimum absolute atomic E-state index is 0.509. The molecule has 14 heavy (non-hydrogen) atoms. The Morgan fingerprint density at radius 1 is 1.57 bits per heavy atom. The van der Waals surface area contributed by atoms with Gasteiger partial charge in [0, 0.05) is 5.56 Å². The van der Waals surface area contributed by atoms with E-state index in [0.717, 1.165) is 5.56 Å². The summed E-state index contributed by atoms with van der Waals surface area (Å²) in [6.45, 7) is 2.51. The average Bonchev–Trinajstić information content (AvgIpc) is 2.20. The number of hydrogen-bond acceptors (Lipinski definition) is 3. The molecule has 0 bridgehead atoms. The van der Waals surface area contributed by atoms with Crippen molar-refractivity contribution in [2.24, 2.45) is 0 Å². The molecule has 0 fully saturated rings. The van der Waals surface area contributed by atoms with Crippen molar-refractivity contribution in [1.29, 1.82) is 5.41 Å². The summed E-state index contributed by atoms with van der Waals surface area (Å²) in [4.78, 5) is 0. The fourth-order valence-electron chi connectivity index (χ4n) is 1.03. The first-order valence-electron chi connectivity index (χ1n) is 4.24. The molecular formula is C10H12ClNOS. The van der Waals surface area contributed by atoms with Crippen molar-refractivity contribution >= 4 is 28.4 Å². The van der Waals surface area contributed by atoms with Crippen LogP contribution in [0.4, 0.5) is 0 Å². The van der Waals surface area contributed by atoms with Crippen LogP contribution in [-0.2, 0) is 0 Å². The number of nitrogens with one attached hydrogen (secondary N) is 1. The largest absolute Gasteiger partial charge is 0.492 e. The van der Waals surface area contributed by atoms with Crippen LogP contribution in [0.2, 0.25) is 5.02 Å². The first kappa shape index (κ1) is 11.4. The quantitative estimate of drug-likeness (QED) is 0.636. The molecule has 0 aliphatic carbocycles. The summed E-state index contributed by atoms with van der Waals surface area (Å²) in [5.74, 6) is 0.673. The lowest BCUT2D eigenvalue weighted by atomic mass is 10.2. The lowest BCUT2D eigenvalue weighted by Crippen LogP contribution is -1.95. The highest BCUT2D eigenvalue weighted by atomic mass is 35.5. The van der Waals surface area contributed by atoms with Crippen molar-refractivity contribution in [2.75, 3.05) is 12.9 Å². The molecule has 0 aromatic heterocycles. The zero-order valence-corrected chi connectivity index (χ0v) is 9.71. The van der Waals surface area contributed by atoms with Crippen LogP contribution in [0.15, 0.2) is 18.2 Å². The molecule has 0 aliphatic heterocycles. The minimum Gasteiger partial charge on any atom is -0.492 e. The average molecular weight is 230 g/mol. The standard InChI is InChI=1S/C10H12ClNOS/c1-3-13-9-5-4-7(6-8(9)11)10(12)14-2/h4-6,12H,3H2,1-2H3. The zero-order chi connectivity index (χ0) is 10.6. The van der Waals surface area contributed by atoms with Gasteiger partial charge in [-0.1, -0.05) is 11.6 Å². The lowest BCUT2D eigenvalue weighted by Gasteiger charge is -2.07. The Bertz CT molecular complexity index is 341. The Hall–Kier alpha value is -0.670. The topological polar surface area (TPSA) is 33.1 Å². The maximum Gasteiger partial charge on any atom is 0.137 e. The Labute approximate surface area is 93.1 Å². The van der Waals surface area contributed by atoms with Gasteiger partial charge in [0.25, 0.3) is 0 Å². The molecule has 1 aromatic carbocycles. The van der Waals surface area contributed by atoms with Gasteiger partial charge in [0.15, 0.2) is 0 Å². The summed E-state index contributed by atoms with van der Waals surface area (Å²) >= 11 is 7.37. The molecule has 0 saturated heterocycles. The Morgan fingerprint density at radius 3 is 2.79 bits per heavy atom. The number of hydrogen-bond donors (Lipinski definition) is 1. The first-order valence-corrected chi connectivity index (χ1v) is 5.84. The number of ether oxygens (including phenoxy) is 1. The number of halogens is 1. The van der Waals surface area contributed by atoms with Crippen molar-refractivity contribution < 1.29 is 4.74 Å². The minimum atomic E-state index is 0.509. The molecule has 0 radical (unpaired) electrons. The molecule has 1 N–H and O–H groups in total. The molecule has 76 valence electrons. The van der Waals surface area contributed by atoms with E-state index in [1.165, 1.54) is 11.8 Å². The summed E-state index contributed by atoms with van der Waals surface area (Å²) in [7, 11) is 0. The van der Waals surface area contributed by atoms with Crippen molar-refractivity contribution in [1.82, 2.24) is 0 Å². The van der Waals surface area contributed by atoms with Gasteiger partial charge in [0.2, 0.25) is 0 Å². The van der Waals surface area contributed by atoms with Crippen LogP contribution in [0, 0.1) is 5.41 Å². The molecule has 0 saturated carbocycles. The molecule has 0 unspecified atom stereocenters. The smallest absolute Gasteiger partial charge is 0.137 e. The third-order valence-electron chi connectivity index (χ3n) is 1.70. The maximum atomic E-state index is 7.61. The SMILES string of the molecule is CCOc1ccc(C(=N)SC)cc1Cl. The van der Waals surface area contributed by atoms with Gasteiger partial charge in [-0.05, 0) is 31.4 Å². The molecule has 0 aliphatic rings. The van der Waals surface area contributed by atoms with Gasteiger partial charge in [0.1, 0.15) is 5.75 Å². The lowest BCUT2D eigenvalue weighted by molar-refractivity contribution is 0.340. The van der Waals surface area contributed by atoms with Crippen LogP contribution in [-0.4, -0.2) is 17.9 Å². The summed E-state index contributed by atoms with van der Waals surface area (Å²) < 4.78 is 5.30. The Morgan fingerprint density at radius 2 is 2.29 bits per heavy atom. The predicted molar refractivity (Wildman–Crippen MR) is 63.0 cm³/mol. The molecule has 4 heteroatoms. The monoisotopic (exact) mass is 229 g/mol. The molecule has 1 rings (SSSR count). The van der Waals surface area contributed by atoms with Crippen LogP contribution in [0.25, 0.3) is 0 Å². The number of benzene rings is 1. The van der Waals surface area contributed by atoms with Crippen LogP contribution in [0.3, 0.4) is 0 Å². The van der Waals surface area contributed by atoms with E-state index in [0.29, 0.717) is 22.4 Å². The van der Waals surface area contributed by atoms with E-state index in [9.17, 15) is 0 Å². The fourth-order valence-corrected chi connectivity index (χ4v) is 1.63. The van der Waals surface area contributed by atoms with Crippen molar-refractivity contribution in [3.63, 3.8) is 0 Å². The third kappa shape index (κ3) is 2.66. The molecule has 0 amide bonds. The number of thioether (sulfide) groups is 1. The maximum absolute atomic E-state index is 7.61. The molecule has 0 spiro atoms. The Balaban J connectivity index is 2.94. The first-order chi connectivity index (χ1) is 6.69. The van der Waals surface area contributed by atoms with Crippen LogP contribution in [0.1, 0.15) is 12.5 Å². The van der Waals surface area contributed by atoms with E-state index in [-0.39, 0.29) is 0 Å². The second-order valence-electron chi connectivity index (χ2n) is 2.61. The highest BCUT2D eigenvalue weighted by Crippen LogP contribution is 2.26. The number of rotatable bonds is 3. The van der Waals surface area contributed by atoms with E-state index in [1.54, 1.807) is 12.1 Å². The normalized spacial score (nSPS) is 9.93. The van der Waals surface area contributed by atoms with Gasteiger partial charge in [-0.25, -0.2) is 0 Å². The van der Waals surface area contributed by atoms with Gasteiger partial charge in [-0.3, -0.25) is 5.41 Å². The van der Waals surface area contributed by atoms with Crippen LogP contribution < -0.4 is 4.74 Å². The summed E-state index contributed by atoms with van der Waals surface area (Å²) in [5, 5.41) is 8.68. The molecule has 1 aromatic rings. The third-order valence-corrected chi connectivity index (χ3v) is 2.64. The highest BCUT2D eigenvalue weighted by molar-refractivity contribution is 8.13. The van der Waals surface area contributed by atoms with E-state index < -0.39 is 0 Å². The van der Waals surface area contributed by atoms with Crippen molar-refractivity contribution in [3.05, 3.63) is 28.8 Å². The van der Waals surface area contributed by atoms with Gasteiger partial charge < -0.3 is 4.74 Å². The second-order valence-corrected chi connectivity index (χ2v) is 3.84. The fraction of sp³-hybridized carbons (Fsp3) is 0.300. The highest BCUT2D eigenvalue weighted by Gasteiger charge is 2.05. The zero-order valence-electron chi connectivity index (χ0n) is 8.13. The van der Waals surface area contributed by atoms with Crippen LogP contribution in [0.5, 0.6) is 5.75 Å². The van der Waals surface area contributed by atoms with Crippen molar-refractivity contribution in [3.8, 4) is 5.75 Å². The summed E-state index contributed by atoms with van der Waals surface area (Å²) in [6.07, 6.45) is 1.87. The van der Waals surface area contributed by atoms with Crippen molar-refractivity contribution in [2.45, 2.75) is 6.92 Å². The second kappa shape index (κ2) is 5.27.